The Kier molecular flexibility index (Phi) is 7.04. The van der Waals surface area contributed by atoms with Gasteiger partial charge >= 0.3 is 0 Å². The van der Waals surface area contributed by atoms with Crippen LogP contribution in [0.5, 0.6) is 0 Å². The minimum Gasteiger partial charge on any atom is -0.390 e. The first-order valence-corrected chi connectivity index (χ1v) is 10.9. The lowest BCUT2D eigenvalue weighted by Crippen LogP contribution is -2.17. The molecule has 3 rings (SSSR count). The number of anilines is 2. The molecule has 1 aromatic carbocycles. The van der Waals surface area contributed by atoms with Crippen molar-refractivity contribution in [3.05, 3.63) is 51.7 Å². The lowest BCUT2D eigenvalue weighted by Gasteiger charge is -2.09. The molecule has 2 aromatic heterocycles. The van der Waals surface area contributed by atoms with E-state index in [0.29, 0.717) is 19.0 Å². The number of aryl methyl sites for hydroxylation is 2. The van der Waals surface area contributed by atoms with Crippen LogP contribution in [0.25, 0.3) is 0 Å². The number of ether oxygens (including phenoxy) is 1. The number of aliphatic hydroxyl groups excluding tert-OH is 1. The van der Waals surface area contributed by atoms with Crippen molar-refractivity contribution in [2.45, 2.75) is 30.9 Å². The lowest BCUT2D eigenvalue weighted by molar-refractivity contribution is 0.0409. The molecule has 0 spiro atoms. The van der Waals surface area contributed by atoms with Crippen LogP contribution in [-0.2, 0) is 11.3 Å². The molecule has 0 unspecified atom stereocenters. The molecule has 138 valence electrons. The fourth-order valence-electron chi connectivity index (χ4n) is 2.29. The van der Waals surface area contributed by atoms with E-state index in [1.165, 1.54) is 34.2 Å². The number of hydrogen-bond acceptors (Lipinski definition) is 8. The summed E-state index contributed by atoms with van der Waals surface area (Å²) in [4.78, 5) is 1.16. The first-order chi connectivity index (χ1) is 12.6. The molecule has 2 N–H and O–H groups in total. The van der Waals surface area contributed by atoms with E-state index in [1.54, 1.807) is 11.3 Å². The highest BCUT2D eigenvalue weighted by Crippen LogP contribution is 2.29. The standard InChI is InChI=1S/C18H21N3O2S3/c1-12-5-6-16(13(2)8-12)19-17-20-21-18(26-17)25-11-14(22)9-23-10-15-4-3-7-24-15/h3-8,14,22H,9-11H2,1-2H3,(H,19,20)/t14-/m0/s1. The summed E-state index contributed by atoms with van der Waals surface area (Å²) in [6.07, 6.45) is -0.528. The molecule has 0 fully saturated rings. The van der Waals surface area contributed by atoms with Crippen molar-refractivity contribution in [2.24, 2.45) is 0 Å². The molecule has 26 heavy (non-hydrogen) atoms. The van der Waals surface area contributed by atoms with Gasteiger partial charge in [-0.2, -0.15) is 0 Å². The van der Waals surface area contributed by atoms with Crippen LogP contribution in [0, 0.1) is 13.8 Å². The van der Waals surface area contributed by atoms with Gasteiger partial charge in [0.25, 0.3) is 0 Å². The second-order valence-electron chi connectivity index (χ2n) is 5.88. The molecule has 0 aliphatic carbocycles. The summed E-state index contributed by atoms with van der Waals surface area (Å²) in [7, 11) is 0. The molecule has 0 radical (unpaired) electrons. The van der Waals surface area contributed by atoms with Gasteiger partial charge in [-0.25, -0.2) is 0 Å². The molecule has 5 nitrogen and oxygen atoms in total. The molecular formula is C18H21N3O2S3. The molecule has 2 heterocycles. The van der Waals surface area contributed by atoms with Crippen LogP contribution in [0.4, 0.5) is 10.8 Å². The molecule has 0 bridgehead atoms. The second-order valence-corrected chi connectivity index (χ2v) is 9.15. The quantitative estimate of drug-likeness (QED) is 0.504. The van der Waals surface area contributed by atoms with E-state index in [4.69, 9.17) is 4.74 Å². The van der Waals surface area contributed by atoms with E-state index < -0.39 is 6.10 Å². The molecule has 8 heteroatoms. The number of hydrogen-bond donors (Lipinski definition) is 2. The van der Waals surface area contributed by atoms with E-state index in [1.807, 2.05) is 23.6 Å². The molecule has 0 aliphatic rings. The molecule has 0 saturated carbocycles. The molecular weight excluding hydrogens is 386 g/mol. The number of rotatable bonds is 9. The van der Waals surface area contributed by atoms with Crippen LogP contribution in [0.1, 0.15) is 16.0 Å². The van der Waals surface area contributed by atoms with Crippen LogP contribution in [0.2, 0.25) is 0 Å². The van der Waals surface area contributed by atoms with Gasteiger partial charge in [0.2, 0.25) is 5.13 Å². The Morgan fingerprint density at radius 2 is 2.15 bits per heavy atom. The van der Waals surface area contributed by atoms with Gasteiger partial charge in [0.15, 0.2) is 4.34 Å². The van der Waals surface area contributed by atoms with E-state index >= 15 is 0 Å². The van der Waals surface area contributed by atoms with Crippen molar-refractivity contribution in [3.8, 4) is 0 Å². The summed E-state index contributed by atoms with van der Waals surface area (Å²) in [6.45, 7) is 5.00. The maximum atomic E-state index is 10.0. The zero-order valence-electron chi connectivity index (χ0n) is 14.6. The Bertz CT molecular complexity index is 821. The third kappa shape index (κ3) is 5.78. The third-order valence-electron chi connectivity index (χ3n) is 3.56. The Morgan fingerprint density at radius 3 is 2.92 bits per heavy atom. The minimum absolute atomic E-state index is 0.317. The highest BCUT2D eigenvalue weighted by Gasteiger charge is 2.10. The van der Waals surface area contributed by atoms with E-state index in [0.717, 1.165) is 20.0 Å². The number of thiophene rings is 1. The number of aromatic nitrogens is 2. The highest BCUT2D eigenvalue weighted by atomic mass is 32.2. The predicted octanol–water partition coefficient (Wildman–Crippen LogP) is 4.63. The monoisotopic (exact) mass is 407 g/mol. The summed E-state index contributed by atoms with van der Waals surface area (Å²) in [5, 5.41) is 24.5. The molecule has 1 atom stereocenters. The van der Waals surface area contributed by atoms with Gasteiger partial charge in [-0.1, -0.05) is 46.9 Å². The summed E-state index contributed by atoms with van der Waals surface area (Å²) >= 11 is 4.63. The molecule has 0 saturated heterocycles. The average molecular weight is 408 g/mol. The Hall–Kier alpha value is -1.45. The Labute approximate surface area is 165 Å². The number of nitrogens with one attached hydrogen (secondary N) is 1. The summed E-state index contributed by atoms with van der Waals surface area (Å²) in [5.41, 5.74) is 3.44. The zero-order valence-corrected chi connectivity index (χ0v) is 17.1. The van der Waals surface area contributed by atoms with Crippen molar-refractivity contribution in [3.63, 3.8) is 0 Å². The van der Waals surface area contributed by atoms with Gasteiger partial charge in [-0.3, -0.25) is 0 Å². The number of aliphatic hydroxyl groups is 1. The van der Waals surface area contributed by atoms with Crippen LogP contribution in [0.15, 0.2) is 40.1 Å². The topological polar surface area (TPSA) is 67.3 Å². The largest absolute Gasteiger partial charge is 0.390 e. The van der Waals surface area contributed by atoms with Crippen LogP contribution in [-0.4, -0.2) is 33.8 Å². The van der Waals surface area contributed by atoms with Gasteiger partial charge in [0, 0.05) is 16.3 Å². The Balaban J connectivity index is 1.43. The van der Waals surface area contributed by atoms with Gasteiger partial charge in [-0.05, 0) is 36.9 Å². The first-order valence-electron chi connectivity index (χ1n) is 8.19. The summed E-state index contributed by atoms with van der Waals surface area (Å²) in [5.74, 6) is 0.530. The van der Waals surface area contributed by atoms with Gasteiger partial charge in [0.1, 0.15) is 0 Å². The highest BCUT2D eigenvalue weighted by molar-refractivity contribution is 8.01. The molecule has 3 aromatic rings. The predicted molar refractivity (Wildman–Crippen MR) is 110 cm³/mol. The van der Waals surface area contributed by atoms with Gasteiger partial charge in [0.05, 0.1) is 19.3 Å². The van der Waals surface area contributed by atoms with Crippen molar-refractivity contribution >= 4 is 45.3 Å². The fourth-order valence-corrected chi connectivity index (χ4v) is 4.63. The van der Waals surface area contributed by atoms with Crippen molar-refractivity contribution < 1.29 is 9.84 Å². The van der Waals surface area contributed by atoms with Crippen molar-refractivity contribution in [2.75, 3.05) is 17.7 Å². The van der Waals surface area contributed by atoms with Crippen LogP contribution >= 0.6 is 34.4 Å². The fraction of sp³-hybridized carbons (Fsp3) is 0.333. The second kappa shape index (κ2) is 9.48. The summed E-state index contributed by atoms with van der Waals surface area (Å²) in [6, 6.07) is 10.3. The van der Waals surface area contributed by atoms with Crippen LogP contribution < -0.4 is 5.32 Å². The summed E-state index contributed by atoms with van der Waals surface area (Å²) < 4.78 is 6.37. The number of benzene rings is 1. The molecule has 0 amide bonds. The SMILES string of the molecule is Cc1ccc(Nc2nnc(SC[C@@H](O)COCc3cccs3)s2)c(C)c1. The van der Waals surface area contributed by atoms with Gasteiger partial charge in [-0.15, -0.1) is 21.5 Å². The first kappa shape index (κ1) is 19.3. The third-order valence-corrected chi connectivity index (χ3v) is 6.53. The van der Waals surface area contributed by atoms with Crippen molar-refractivity contribution in [1.82, 2.24) is 10.2 Å². The number of nitrogens with zero attached hydrogens (tertiary/aromatic N) is 2. The van der Waals surface area contributed by atoms with Crippen molar-refractivity contribution in [1.29, 1.82) is 0 Å². The minimum atomic E-state index is -0.528. The van der Waals surface area contributed by atoms with Gasteiger partial charge < -0.3 is 15.2 Å². The maximum Gasteiger partial charge on any atom is 0.210 e. The smallest absolute Gasteiger partial charge is 0.210 e. The van der Waals surface area contributed by atoms with Crippen LogP contribution in [0.3, 0.4) is 0 Å². The van der Waals surface area contributed by atoms with E-state index in [2.05, 4.69) is 41.5 Å². The normalized spacial score (nSPS) is 12.3. The van der Waals surface area contributed by atoms with E-state index in [-0.39, 0.29) is 0 Å². The Morgan fingerprint density at radius 1 is 1.27 bits per heavy atom. The maximum absolute atomic E-state index is 10.0. The lowest BCUT2D eigenvalue weighted by atomic mass is 10.1. The average Bonchev–Trinajstić information content (AvgIpc) is 3.27. The van der Waals surface area contributed by atoms with E-state index in [9.17, 15) is 5.11 Å². The zero-order chi connectivity index (χ0) is 18.4. The molecule has 0 aliphatic heterocycles. The number of thioether (sulfide) groups is 1.